The molecule has 2 rings (SSSR count). The summed E-state index contributed by atoms with van der Waals surface area (Å²) in [6.45, 7) is 2.02. The lowest BCUT2D eigenvalue weighted by Crippen LogP contribution is -2.20. The van der Waals surface area contributed by atoms with Crippen LogP contribution in [-0.4, -0.2) is 24.2 Å². The van der Waals surface area contributed by atoms with Crippen molar-refractivity contribution in [2.75, 3.05) is 13.2 Å². The van der Waals surface area contributed by atoms with Crippen molar-refractivity contribution in [3.8, 4) is 5.75 Å². The first kappa shape index (κ1) is 15.5. The van der Waals surface area contributed by atoms with E-state index in [9.17, 15) is 4.79 Å². The van der Waals surface area contributed by atoms with Gasteiger partial charge in [-0.15, -0.1) is 0 Å². The van der Waals surface area contributed by atoms with E-state index in [-0.39, 0.29) is 5.56 Å². The highest BCUT2D eigenvalue weighted by molar-refractivity contribution is 9.10. The summed E-state index contributed by atoms with van der Waals surface area (Å²) in [5.74, 6) is -0.263. The number of carbonyl (C=O) groups is 1. The third kappa shape index (κ3) is 5.21. The Balaban J connectivity index is 1.69. The Morgan fingerprint density at radius 3 is 2.62 bits per heavy atom. The van der Waals surface area contributed by atoms with E-state index in [1.807, 2.05) is 12.1 Å². The number of hydrogen-bond donors (Lipinski definition) is 2. The number of halogens is 1. The minimum atomic E-state index is -0.933. The molecular formula is C16H16BrNO3. The molecule has 110 valence electrons. The first-order valence-electron chi connectivity index (χ1n) is 6.56. The molecule has 21 heavy (non-hydrogen) atoms. The van der Waals surface area contributed by atoms with Crippen LogP contribution < -0.4 is 10.1 Å². The van der Waals surface area contributed by atoms with Crippen molar-refractivity contribution in [1.29, 1.82) is 0 Å². The highest BCUT2D eigenvalue weighted by Crippen LogP contribution is 2.12. The predicted octanol–water partition coefficient (Wildman–Crippen LogP) is 3.32. The first-order chi connectivity index (χ1) is 10.1. The first-order valence-corrected chi connectivity index (χ1v) is 7.36. The van der Waals surface area contributed by atoms with Gasteiger partial charge in [-0.05, 0) is 42.0 Å². The van der Waals surface area contributed by atoms with Gasteiger partial charge in [-0.2, -0.15) is 0 Å². The van der Waals surface area contributed by atoms with Gasteiger partial charge in [0.25, 0.3) is 0 Å². The van der Waals surface area contributed by atoms with Crippen LogP contribution in [0.4, 0.5) is 0 Å². The van der Waals surface area contributed by atoms with Gasteiger partial charge in [0, 0.05) is 17.6 Å². The number of hydrogen-bond acceptors (Lipinski definition) is 3. The van der Waals surface area contributed by atoms with Gasteiger partial charge >= 0.3 is 5.97 Å². The van der Waals surface area contributed by atoms with Crippen molar-refractivity contribution in [3.63, 3.8) is 0 Å². The highest BCUT2D eigenvalue weighted by Gasteiger charge is 2.01. The van der Waals surface area contributed by atoms with Gasteiger partial charge in [0.05, 0.1) is 5.56 Å². The third-order valence-corrected chi connectivity index (χ3v) is 3.36. The zero-order valence-corrected chi connectivity index (χ0v) is 13.0. The summed E-state index contributed by atoms with van der Waals surface area (Å²) in [5.41, 5.74) is 1.46. The van der Waals surface area contributed by atoms with Crippen LogP contribution in [0.3, 0.4) is 0 Å². The molecule has 0 radical (unpaired) electrons. The molecule has 5 heteroatoms. The van der Waals surface area contributed by atoms with Crippen molar-refractivity contribution in [2.45, 2.75) is 6.54 Å². The monoisotopic (exact) mass is 349 g/mol. The minimum Gasteiger partial charge on any atom is -0.492 e. The van der Waals surface area contributed by atoms with Gasteiger partial charge in [0.1, 0.15) is 12.4 Å². The quantitative estimate of drug-likeness (QED) is 0.753. The summed E-state index contributed by atoms with van der Waals surface area (Å²) in [7, 11) is 0. The van der Waals surface area contributed by atoms with Gasteiger partial charge < -0.3 is 15.2 Å². The van der Waals surface area contributed by atoms with E-state index in [0.717, 1.165) is 11.0 Å². The molecule has 0 saturated carbocycles. The minimum absolute atomic E-state index is 0.259. The molecule has 2 aromatic carbocycles. The maximum Gasteiger partial charge on any atom is 0.335 e. The molecule has 0 heterocycles. The zero-order chi connectivity index (χ0) is 15.1. The second-order valence-electron chi connectivity index (χ2n) is 4.48. The van der Waals surface area contributed by atoms with E-state index < -0.39 is 5.97 Å². The number of benzene rings is 2. The molecule has 0 aromatic heterocycles. The largest absolute Gasteiger partial charge is 0.492 e. The van der Waals surface area contributed by atoms with Crippen LogP contribution in [0.5, 0.6) is 5.75 Å². The zero-order valence-electron chi connectivity index (χ0n) is 11.4. The average Bonchev–Trinajstić information content (AvgIpc) is 2.47. The Kier molecular flexibility index (Phi) is 5.78. The number of ether oxygens (including phenoxy) is 1. The summed E-state index contributed by atoms with van der Waals surface area (Å²) in [6, 6.07) is 14.5. The molecule has 0 atom stereocenters. The lowest BCUT2D eigenvalue weighted by Gasteiger charge is -2.08. The van der Waals surface area contributed by atoms with Crippen molar-refractivity contribution in [3.05, 3.63) is 64.1 Å². The fraction of sp³-hybridized carbons (Fsp3) is 0.188. The molecule has 2 aromatic rings. The predicted molar refractivity (Wildman–Crippen MR) is 84.7 cm³/mol. The molecule has 0 spiro atoms. The van der Waals surface area contributed by atoms with Crippen molar-refractivity contribution < 1.29 is 14.6 Å². The van der Waals surface area contributed by atoms with Crippen LogP contribution >= 0.6 is 15.9 Å². The van der Waals surface area contributed by atoms with Gasteiger partial charge in [-0.1, -0.05) is 28.1 Å². The fourth-order valence-electron chi connectivity index (χ4n) is 1.81. The van der Waals surface area contributed by atoms with E-state index >= 15 is 0 Å². The Morgan fingerprint density at radius 1 is 1.19 bits per heavy atom. The van der Waals surface area contributed by atoms with E-state index in [1.165, 1.54) is 17.7 Å². The SMILES string of the molecule is O=C(O)c1ccc(OCCNCc2cccc(Br)c2)cc1. The maximum absolute atomic E-state index is 10.7. The molecule has 4 nitrogen and oxygen atoms in total. The summed E-state index contributed by atoms with van der Waals surface area (Å²) < 4.78 is 6.60. The molecule has 0 unspecified atom stereocenters. The van der Waals surface area contributed by atoms with Crippen molar-refractivity contribution in [2.24, 2.45) is 0 Å². The smallest absolute Gasteiger partial charge is 0.335 e. The number of carboxylic acids is 1. The van der Waals surface area contributed by atoms with E-state index in [4.69, 9.17) is 9.84 Å². The maximum atomic E-state index is 10.7. The molecule has 0 bridgehead atoms. The number of carboxylic acid groups (broad SMARTS) is 1. The molecule has 0 fully saturated rings. The lowest BCUT2D eigenvalue weighted by atomic mass is 10.2. The summed E-state index contributed by atoms with van der Waals surface area (Å²) in [6.07, 6.45) is 0. The Labute approximate surface area is 131 Å². The fourth-order valence-corrected chi connectivity index (χ4v) is 2.26. The van der Waals surface area contributed by atoms with Crippen molar-refractivity contribution >= 4 is 21.9 Å². The highest BCUT2D eigenvalue weighted by atomic mass is 79.9. The van der Waals surface area contributed by atoms with Gasteiger partial charge in [-0.25, -0.2) is 4.79 Å². The second-order valence-corrected chi connectivity index (χ2v) is 5.40. The molecular weight excluding hydrogens is 334 g/mol. The molecule has 0 saturated heterocycles. The summed E-state index contributed by atoms with van der Waals surface area (Å²) >= 11 is 3.44. The van der Waals surface area contributed by atoms with Crippen LogP contribution in [0.2, 0.25) is 0 Å². The van der Waals surface area contributed by atoms with Crippen molar-refractivity contribution in [1.82, 2.24) is 5.32 Å². The standard InChI is InChI=1S/C16H16BrNO3/c17-14-3-1-2-12(10-14)11-18-8-9-21-15-6-4-13(5-7-15)16(19)20/h1-7,10,18H,8-9,11H2,(H,19,20). The Morgan fingerprint density at radius 2 is 1.95 bits per heavy atom. The van der Waals surface area contributed by atoms with Gasteiger partial charge in [-0.3, -0.25) is 0 Å². The average molecular weight is 350 g/mol. The van der Waals surface area contributed by atoms with Crippen LogP contribution in [0, 0.1) is 0 Å². The Hall–Kier alpha value is -1.85. The van der Waals surface area contributed by atoms with Crippen LogP contribution in [0.25, 0.3) is 0 Å². The molecule has 0 aliphatic carbocycles. The normalized spacial score (nSPS) is 10.3. The lowest BCUT2D eigenvalue weighted by molar-refractivity contribution is 0.0697. The molecule has 0 aliphatic rings. The van der Waals surface area contributed by atoms with E-state index in [2.05, 4.69) is 33.4 Å². The third-order valence-electron chi connectivity index (χ3n) is 2.87. The molecule has 0 aliphatic heterocycles. The summed E-state index contributed by atoms with van der Waals surface area (Å²) in [4.78, 5) is 10.7. The van der Waals surface area contributed by atoms with Crippen LogP contribution in [0.15, 0.2) is 53.0 Å². The topological polar surface area (TPSA) is 58.6 Å². The van der Waals surface area contributed by atoms with E-state index in [0.29, 0.717) is 18.9 Å². The second kappa shape index (κ2) is 7.81. The molecule has 2 N–H and O–H groups in total. The number of nitrogens with one attached hydrogen (secondary N) is 1. The number of aromatic carboxylic acids is 1. The Bertz CT molecular complexity index is 599. The molecule has 0 amide bonds. The van der Waals surface area contributed by atoms with Crippen LogP contribution in [0.1, 0.15) is 15.9 Å². The van der Waals surface area contributed by atoms with Gasteiger partial charge in [0.15, 0.2) is 0 Å². The van der Waals surface area contributed by atoms with Crippen LogP contribution in [-0.2, 0) is 6.54 Å². The number of rotatable bonds is 7. The summed E-state index contributed by atoms with van der Waals surface area (Å²) in [5, 5.41) is 12.1. The van der Waals surface area contributed by atoms with E-state index in [1.54, 1.807) is 12.1 Å². The van der Waals surface area contributed by atoms with Gasteiger partial charge in [0.2, 0.25) is 0 Å².